The third-order valence-electron chi connectivity index (χ3n) is 3.38. The van der Waals surface area contributed by atoms with Crippen LogP contribution in [0.15, 0.2) is 9.85 Å². The summed E-state index contributed by atoms with van der Waals surface area (Å²) in [6.45, 7) is 2.28. The summed E-state index contributed by atoms with van der Waals surface area (Å²) < 4.78 is 0.929. The molecule has 1 aliphatic rings. The van der Waals surface area contributed by atoms with Crippen LogP contribution in [0.5, 0.6) is 0 Å². The van der Waals surface area contributed by atoms with E-state index in [-0.39, 0.29) is 0 Å². The smallest absolute Gasteiger partial charge is 0.346 e. The molecule has 1 N–H and O–H groups in total. The topological polar surface area (TPSA) is 37.3 Å². The van der Waals surface area contributed by atoms with E-state index in [1.807, 2.05) is 6.07 Å². The maximum Gasteiger partial charge on any atom is 0.346 e. The highest BCUT2D eigenvalue weighted by molar-refractivity contribution is 9.11. The maximum absolute atomic E-state index is 11.1. The molecule has 0 radical (unpaired) electrons. The normalized spacial score (nSPS) is 25.6. The van der Waals surface area contributed by atoms with Gasteiger partial charge in [-0.15, -0.1) is 11.3 Å². The van der Waals surface area contributed by atoms with E-state index < -0.39 is 5.97 Å². The van der Waals surface area contributed by atoms with Crippen molar-refractivity contribution in [2.75, 3.05) is 0 Å². The average molecular weight is 303 g/mol. The second kappa shape index (κ2) is 4.88. The molecule has 2 rings (SSSR count). The fourth-order valence-electron chi connectivity index (χ4n) is 2.42. The lowest BCUT2D eigenvalue weighted by Crippen LogP contribution is -2.12. The Kier molecular flexibility index (Phi) is 3.70. The Labute approximate surface area is 108 Å². The van der Waals surface area contributed by atoms with E-state index in [2.05, 4.69) is 22.9 Å². The zero-order valence-corrected chi connectivity index (χ0v) is 11.6. The van der Waals surface area contributed by atoms with Gasteiger partial charge in [-0.05, 0) is 52.2 Å². The highest BCUT2D eigenvalue weighted by Crippen LogP contribution is 2.40. The second-order valence-electron chi connectivity index (χ2n) is 4.60. The van der Waals surface area contributed by atoms with Crippen LogP contribution in [-0.2, 0) is 0 Å². The third-order valence-corrected chi connectivity index (χ3v) is 5.02. The van der Waals surface area contributed by atoms with Gasteiger partial charge in [0.2, 0.25) is 0 Å². The number of aromatic carboxylic acids is 1. The highest BCUT2D eigenvalue weighted by Gasteiger charge is 2.25. The highest BCUT2D eigenvalue weighted by atomic mass is 79.9. The van der Waals surface area contributed by atoms with Crippen LogP contribution in [0.3, 0.4) is 0 Å². The van der Waals surface area contributed by atoms with E-state index in [9.17, 15) is 4.79 Å². The standard InChI is InChI=1S/C12H15BrO2S/c1-7-2-4-8(5-3-7)9-6-10(13)16-11(9)12(14)15/h6-8H,2-5H2,1H3,(H,14,15). The fraction of sp³-hybridized carbons (Fsp3) is 0.583. The molecule has 1 aliphatic carbocycles. The molecule has 0 atom stereocenters. The quantitative estimate of drug-likeness (QED) is 0.873. The molecule has 0 aromatic carbocycles. The van der Waals surface area contributed by atoms with Crippen molar-refractivity contribution < 1.29 is 9.90 Å². The van der Waals surface area contributed by atoms with Gasteiger partial charge < -0.3 is 5.11 Å². The first-order chi connectivity index (χ1) is 7.58. The maximum atomic E-state index is 11.1. The van der Waals surface area contributed by atoms with Crippen LogP contribution < -0.4 is 0 Å². The van der Waals surface area contributed by atoms with Gasteiger partial charge in [0.05, 0.1) is 3.79 Å². The summed E-state index contributed by atoms with van der Waals surface area (Å²) in [5.41, 5.74) is 1.04. The Bertz CT molecular complexity index is 392. The number of hydrogen-bond donors (Lipinski definition) is 1. The summed E-state index contributed by atoms with van der Waals surface area (Å²) >= 11 is 4.72. The molecular formula is C12H15BrO2S. The van der Waals surface area contributed by atoms with Gasteiger partial charge >= 0.3 is 5.97 Å². The summed E-state index contributed by atoms with van der Waals surface area (Å²) in [6.07, 6.45) is 4.70. The van der Waals surface area contributed by atoms with Crippen molar-refractivity contribution in [3.8, 4) is 0 Å². The van der Waals surface area contributed by atoms with E-state index in [0.717, 1.165) is 28.1 Å². The number of carboxylic acid groups (broad SMARTS) is 1. The summed E-state index contributed by atoms with van der Waals surface area (Å²) in [5.74, 6) is 0.459. The summed E-state index contributed by atoms with van der Waals surface area (Å²) in [4.78, 5) is 11.7. The lowest BCUT2D eigenvalue weighted by atomic mass is 9.79. The summed E-state index contributed by atoms with van der Waals surface area (Å²) in [5, 5.41) is 9.15. The first-order valence-electron chi connectivity index (χ1n) is 5.60. The van der Waals surface area contributed by atoms with Crippen molar-refractivity contribution in [2.24, 2.45) is 5.92 Å². The van der Waals surface area contributed by atoms with Crippen molar-refractivity contribution >= 4 is 33.2 Å². The van der Waals surface area contributed by atoms with E-state index in [0.29, 0.717) is 10.8 Å². The Morgan fingerprint density at radius 1 is 1.44 bits per heavy atom. The number of hydrogen-bond acceptors (Lipinski definition) is 2. The Hall–Kier alpha value is -0.350. The molecule has 1 saturated carbocycles. The Morgan fingerprint density at radius 2 is 2.06 bits per heavy atom. The molecule has 0 saturated heterocycles. The first-order valence-corrected chi connectivity index (χ1v) is 7.21. The molecular weight excluding hydrogens is 288 g/mol. The zero-order valence-electron chi connectivity index (χ0n) is 9.20. The molecule has 0 bridgehead atoms. The molecule has 1 aromatic heterocycles. The Morgan fingerprint density at radius 3 is 2.62 bits per heavy atom. The van der Waals surface area contributed by atoms with E-state index in [1.54, 1.807) is 0 Å². The molecule has 0 aliphatic heterocycles. The SMILES string of the molecule is CC1CCC(c2cc(Br)sc2C(=O)O)CC1. The monoisotopic (exact) mass is 302 g/mol. The van der Waals surface area contributed by atoms with Gasteiger partial charge in [-0.1, -0.05) is 19.8 Å². The second-order valence-corrected chi connectivity index (χ2v) is 7.03. The minimum absolute atomic E-state index is 0.449. The van der Waals surface area contributed by atoms with Gasteiger partial charge in [0.25, 0.3) is 0 Å². The molecule has 2 nitrogen and oxygen atoms in total. The molecule has 1 aromatic rings. The van der Waals surface area contributed by atoms with Crippen LogP contribution in [0.4, 0.5) is 0 Å². The molecule has 4 heteroatoms. The number of thiophene rings is 1. The first kappa shape index (κ1) is 12.1. The molecule has 0 unspecified atom stereocenters. The van der Waals surface area contributed by atoms with Crippen LogP contribution in [-0.4, -0.2) is 11.1 Å². The van der Waals surface area contributed by atoms with E-state index in [1.165, 1.54) is 24.2 Å². The molecule has 0 amide bonds. The number of halogens is 1. The van der Waals surface area contributed by atoms with Crippen LogP contribution in [0.25, 0.3) is 0 Å². The minimum Gasteiger partial charge on any atom is -0.477 e. The van der Waals surface area contributed by atoms with Gasteiger partial charge in [0.15, 0.2) is 0 Å². The average Bonchev–Trinajstić information content (AvgIpc) is 2.61. The van der Waals surface area contributed by atoms with Crippen molar-refractivity contribution in [3.63, 3.8) is 0 Å². The summed E-state index contributed by atoms with van der Waals surface area (Å²) in [6, 6.07) is 1.99. The third kappa shape index (κ3) is 2.48. The lowest BCUT2D eigenvalue weighted by molar-refractivity contribution is 0.0700. The van der Waals surface area contributed by atoms with Gasteiger partial charge in [0, 0.05) is 0 Å². The molecule has 1 heterocycles. The molecule has 88 valence electrons. The Balaban J connectivity index is 2.22. The number of carboxylic acids is 1. The molecule has 1 fully saturated rings. The van der Waals surface area contributed by atoms with Crippen LogP contribution in [0.2, 0.25) is 0 Å². The van der Waals surface area contributed by atoms with Crippen molar-refractivity contribution in [2.45, 2.75) is 38.5 Å². The minimum atomic E-state index is -0.788. The van der Waals surface area contributed by atoms with Crippen LogP contribution in [0, 0.1) is 5.92 Å². The van der Waals surface area contributed by atoms with Gasteiger partial charge in [-0.2, -0.15) is 0 Å². The lowest BCUT2D eigenvalue weighted by Gasteiger charge is -2.26. The van der Waals surface area contributed by atoms with Crippen molar-refractivity contribution in [3.05, 3.63) is 20.3 Å². The van der Waals surface area contributed by atoms with Gasteiger partial charge in [-0.25, -0.2) is 4.79 Å². The predicted molar refractivity (Wildman–Crippen MR) is 69.4 cm³/mol. The summed E-state index contributed by atoms with van der Waals surface area (Å²) in [7, 11) is 0. The molecule has 0 spiro atoms. The van der Waals surface area contributed by atoms with Gasteiger partial charge in [0.1, 0.15) is 4.88 Å². The van der Waals surface area contributed by atoms with E-state index >= 15 is 0 Å². The van der Waals surface area contributed by atoms with Crippen LogP contribution >= 0.6 is 27.3 Å². The largest absolute Gasteiger partial charge is 0.477 e. The van der Waals surface area contributed by atoms with Gasteiger partial charge in [-0.3, -0.25) is 0 Å². The fourth-order valence-corrected chi connectivity index (χ4v) is 3.96. The number of carbonyl (C=O) groups is 1. The van der Waals surface area contributed by atoms with E-state index in [4.69, 9.17) is 5.11 Å². The van der Waals surface area contributed by atoms with Crippen molar-refractivity contribution in [1.29, 1.82) is 0 Å². The predicted octanol–water partition coefficient (Wildman–Crippen LogP) is 4.50. The number of rotatable bonds is 2. The van der Waals surface area contributed by atoms with Crippen LogP contribution in [0.1, 0.15) is 53.8 Å². The molecule has 16 heavy (non-hydrogen) atoms. The zero-order chi connectivity index (χ0) is 11.7. The van der Waals surface area contributed by atoms with Crippen molar-refractivity contribution in [1.82, 2.24) is 0 Å².